The van der Waals surface area contributed by atoms with Crippen LogP contribution in [0.25, 0.3) is 0 Å². The third-order valence-corrected chi connectivity index (χ3v) is 4.69. The zero-order valence-electron chi connectivity index (χ0n) is 13.0. The molecule has 5 heteroatoms. The molecule has 3 fully saturated rings. The highest BCUT2D eigenvalue weighted by atomic mass is 35.5. The molecule has 0 aromatic rings. The van der Waals surface area contributed by atoms with Crippen molar-refractivity contribution < 1.29 is 9.53 Å². The second-order valence-electron chi connectivity index (χ2n) is 8.00. The number of piperidine rings is 1. The Morgan fingerprint density at radius 3 is 2.00 bits per heavy atom. The van der Waals surface area contributed by atoms with Gasteiger partial charge in [-0.2, -0.15) is 0 Å². The van der Waals surface area contributed by atoms with E-state index < -0.39 is 11.3 Å². The maximum Gasteiger partial charge on any atom is 0.254 e. The zero-order valence-corrected chi connectivity index (χ0v) is 13.8. The number of rotatable bonds is 0. The third kappa shape index (κ3) is 2.58. The number of nitrogens with one attached hydrogen (secondary N) is 2. The summed E-state index contributed by atoms with van der Waals surface area (Å²) in [5.74, 6) is 0.124. The van der Waals surface area contributed by atoms with Gasteiger partial charge in [0.05, 0.1) is 0 Å². The fraction of sp³-hybridized carbons (Fsp3) is 0.933. The summed E-state index contributed by atoms with van der Waals surface area (Å²) in [6.45, 7) is 8.74. The Morgan fingerprint density at radius 1 is 1.00 bits per heavy atom. The van der Waals surface area contributed by atoms with E-state index in [2.05, 4.69) is 38.3 Å². The minimum absolute atomic E-state index is 0. The van der Waals surface area contributed by atoms with E-state index in [1.807, 2.05) is 0 Å². The first kappa shape index (κ1) is 16.1. The molecular weight excluding hydrogens is 276 g/mol. The average molecular weight is 303 g/mol. The molecule has 3 rings (SSSR count). The lowest BCUT2D eigenvalue weighted by Gasteiger charge is -2.51. The van der Waals surface area contributed by atoms with Crippen LogP contribution < -0.4 is 10.6 Å². The van der Waals surface area contributed by atoms with Crippen molar-refractivity contribution >= 4 is 18.3 Å². The molecule has 0 atom stereocenters. The second kappa shape index (κ2) is 4.59. The number of hydrogen-bond acceptors (Lipinski definition) is 3. The van der Waals surface area contributed by atoms with Crippen LogP contribution in [0.3, 0.4) is 0 Å². The lowest BCUT2D eigenvalue weighted by atomic mass is 9.77. The molecule has 4 nitrogen and oxygen atoms in total. The molecule has 116 valence electrons. The Hall–Kier alpha value is -0.320. The number of ether oxygens (including phenoxy) is 1. The van der Waals surface area contributed by atoms with Gasteiger partial charge < -0.3 is 15.4 Å². The molecule has 2 spiro atoms. The van der Waals surface area contributed by atoms with Crippen LogP contribution in [0.1, 0.15) is 66.2 Å². The van der Waals surface area contributed by atoms with Gasteiger partial charge in [-0.05, 0) is 53.4 Å². The van der Waals surface area contributed by atoms with E-state index >= 15 is 0 Å². The minimum atomic E-state index is -0.524. The highest BCUT2D eigenvalue weighted by Gasteiger charge is 2.60. The molecule has 2 aliphatic heterocycles. The lowest BCUT2D eigenvalue weighted by molar-refractivity contribution is -0.156. The Bertz CT molecular complexity index is 398. The molecule has 2 saturated heterocycles. The van der Waals surface area contributed by atoms with Crippen molar-refractivity contribution in [2.24, 2.45) is 0 Å². The van der Waals surface area contributed by atoms with Crippen molar-refractivity contribution in [3.63, 3.8) is 0 Å². The van der Waals surface area contributed by atoms with Gasteiger partial charge in [-0.3, -0.25) is 4.79 Å². The van der Waals surface area contributed by atoms with Crippen molar-refractivity contribution in [3.8, 4) is 0 Å². The van der Waals surface area contributed by atoms with E-state index in [0.717, 1.165) is 38.5 Å². The summed E-state index contributed by atoms with van der Waals surface area (Å²) in [4.78, 5) is 12.4. The van der Waals surface area contributed by atoms with Gasteiger partial charge in [0, 0.05) is 23.9 Å². The van der Waals surface area contributed by atoms with Gasteiger partial charge >= 0.3 is 0 Å². The van der Waals surface area contributed by atoms with Crippen LogP contribution in [0, 0.1) is 0 Å². The fourth-order valence-corrected chi connectivity index (χ4v) is 4.70. The fourth-order valence-electron chi connectivity index (χ4n) is 4.70. The third-order valence-electron chi connectivity index (χ3n) is 4.69. The van der Waals surface area contributed by atoms with Crippen LogP contribution in [0.15, 0.2) is 0 Å². The first-order valence-electron chi connectivity index (χ1n) is 7.48. The first-order chi connectivity index (χ1) is 8.66. The number of amides is 1. The minimum Gasteiger partial charge on any atom is -0.339 e. The molecule has 0 aromatic carbocycles. The van der Waals surface area contributed by atoms with Gasteiger partial charge in [-0.15, -0.1) is 12.4 Å². The molecule has 1 saturated carbocycles. The predicted octanol–water partition coefficient (Wildman–Crippen LogP) is 2.50. The first-order valence-corrected chi connectivity index (χ1v) is 7.48. The Balaban J connectivity index is 0.00000147. The molecule has 20 heavy (non-hydrogen) atoms. The summed E-state index contributed by atoms with van der Waals surface area (Å²) in [6.07, 6.45) is 5.64. The molecule has 0 aromatic heterocycles. The zero-order chi connectivity index (χ0) is 13.9. The Morgan fingerprint density at radius 2 is 1.50 bits per heavy atom. The number of carbonyl (C=O) groups is 1. The molecule has 0 unspecified atom stereocenters. The highest BCUT2D eigenvalue weighted by molar-refractivity contribution is 5.88. The van der Waals surface area contributed by atoms with Gasteiger partial charge in [-0.25, -0.2) is 0 Å². The van der Waals surface area contributed by atoms with E-state index in [1.165, 1.54) is 0 Å². The van der Waals surface area contributed by atoms with Crippen molar-refractivity contribution in [2.45, 2.75) is 88.6 Å². The molecule has 2 N–H and O–H groups in total. The predicted molar refractivity (Wildman–Crippen MR) is 80.9 cm³/mol. The quantitative estimate of drug-likeness (QED) is 0.723. The molecule has 0 bridgehead atoms. The van der Waals surface area contributed by atoms with Crippen LogP contribution in [-0.4, -0.2) is 28.3 Å². The summed E-state index contributed by atoms with van der Waals surface area (Å²) < 4.78 is 6.42. The van der Waals surface area contributed by atoms with Crippen LogP contribution >= 0.6 is 12.4 Å². The molecule has 0 radical (unpaired) electrons. The molecular formula is C15H27ClN2O2. The Labute approximate surface area is 127 Å². The molecule has 1 aliphatic carbocycles. The van der Waals surface area contributed by atoms with Gasteiger partial charge in [0.25, 0.3) is 5.91 Å². The average Bonchev–Trinajstić information content (AvgIpc) is 2.69. The second-order valence-corrected chi connectivity index (χ2v) is 8.00. The van der Waals surface area contributed by atoms with Crippen LogP contribution in [0.5, 0.6) is 0 Å². The van der Waals surface area contributed by atoms with Crippen LogP contribution in [-0.2, 0) is 9.53 Å². The molecule has 3 aliphatic rings. The maximum absolute atomic E-state index is 12.4. The van der Waals surface area contributed by atoms with E-state index in [0.29, 0.717) is 0 Å². The summed E-state index contributed by atoms with van der Waals surface area (Å²) in [5, 5.41) is 6.86. The van der Waals surface area contributed by atoms with Gasteiger partial charge in [0.15, 0.2) is 0 Å². The monoisotopic (exact) mass is 302 g/mol. The number of carbonyl (C=O) groups excluding carboxylic acids is 1. The topological polar surface area (TPSA) is 50.4 Å². The van der Waals surface area contributed by atoms with E-state index in [9.17, 15) is 4.79 Å². The Kier molecular flexibility index (Phi) is 3.68. The SMILES string of the molecule is CC1(C)CC2(CC(C)(C)N1)NC(=O)C1(CCCC1)O2.Cl. The van der Waals surface area contributed by atoms with Crippen molar-refractivity contribution in [1.82, 2.24) is 10.6 Å². The highest BCUT2D eigenvalue weighted by Crippen LogP contribution is 2.47. The maximum atomic E-state index is 12.4. The summed E-state index contributed by atoms with van der Waals surface area (Å²) >= 11 is 0. The number of hydrogen-bond donors (Lipinski definition) is 2. The lowest BCUT2D eigenvalue weighted by Crippen LogP contribution is -2.66. The van der Waals surface area contributed by atoms with Gasteiger partial charge in [0.2, 0.25) is 0 Å². The molecule has 1 amide bonds. The van der Waals surface area contributed by atoms with E-state index in [-0.39, 0.29) is 29.4 Å². The summed E-state index contributed by atoms with van der Waals surface area (Å²) in [6, 6.07) is 0. The van der Waals surface area contributed by atoms with Crippen LogP contribution in [0.2, 0.25) is 0 Å². The smallest absolute Gasteiger partial charge is 0.254 e. The van der Waals surface area contributed by atoms with Gasteiger partial charge in [-0.1, -0.05) is 0 Å². The largest absolute Gasteiger partial charge is 0.339 e. The van der Waals surface area contributed by atoms with Crippen LogP contribution in [0.4, 0.5) is 0 Å². The summed E-state index contributed by atoms with van der Waals surface area (Å²) in [7, 11) is 0. The van der Waals surface area contributed by atoms with Crippen molar-refractivity contribution in [1.29, 1.82) is 0 Å². The number of halogens is 1. The van der Waals surface area contributed by atoms with E-state index in [4.69, 9.17) is 4.74 Å². The molecule has 2 heterocycles. The van der Waals surface area contributed by atoms with Gasteiger partial charge in [0.1, 0.15) is 11.3 Å². The summed E-state index contributed by atoms with van der Waals surface area (Å²) in [5.41, 5.74) is -1.05. The van der Waals surface area contributed by atoms with Crippen molar-refractivity contribution in [2.75, 3.05) is 0 Å². The van der Waals surface area contributed by atoms with E-state index in [1.54, 1.807) is 0 Å². The normalized spacial score (nSPS) is 32.1. The standard InChI is InChI=1S/C15H26N2O2.ClH/c1-12(2)9-15(10-13(3,4)17-12)16-11(18)14(19-15)7-5-6-8-14;/h17H,5-10H2,1-4H3,(H,16,18);1H. The van der Waals surface area contributed by atoms with Crippen molar-refractivity contribution in [3.05, 3.63) is 0 Å².